The summed E-state index contributed by atoms with van der Waals surface area (Å²) in [5.74, 6) is -0.409. The lowest BCUT2D eigenvalue weighted by atomic mass is 9.79. The van der Waals surface area contributed by atoms with Crippen LogP contribution in [-0.2, 0) is 15.1 Å². The number of benzene rings is 2. The third-order valence-electron chi connectivity index (χ3n) is 5.78. The molecule has 4 rings (SSSR count). The fraction of sp³-hybridized carbons (Fsp3) is 0.364. The summed E-state index contributed by atoms with van der Waals surface area (Å²) in [7, 11) is 0. The molecule has 7 heteroatoms. The first-order valence-corrected chi connectivity index (χ1v) is 11.1. The number of hydrogen-bond acceptors (Lipinski definition) is 4. The van der Waals surface area contributed by atoms with Crippen LogP contribution in [0, 0.1) is 18.7 Å². The standard InChI is InChI=1S/C22H24FN3O2S/c1-13-3-8-19-17(11-13)22(21(28)25-19)18(12-16(26-22)9-10-29-2)20(27)24-15-6-4-14(23)5-7-15/h3-8,11,16,18,26H,9-10,12H2,1-2H3,(H,24,27)(H,25,28). The maximum atomic E-state index is 13.3. The number of nitrogens with one attached hydrogen (secondary N) is 3. The minimum Gasteiger partial charge on any atom is -0.326 e. The van der Waals surface area contributed by atoms with E-state index in [0.29, 0.717) is 12.1 Å². The molecule has 5 nitrogen and oxygen atoms in total. The summed E-state index contributed by atoms with van der Waals surface area (Å²) in [6.07, 6.45) is 3.48. The van der Waals surface area contributed by atoms with Crippen LogP contribution in [0.1, 0.15) is 24.0 Å². The molecule has 2 aliphatic rings. The van der Waals surface area contributed by atoms with Crippen molar-refractivity contribution in [3.05, 3.63) is 59.4 Å². The van der Waals surface area contributed by atoms with Crippen LogP contribution >= 0.6 is 11.8 Å². The maximum absolute atomic E-state index is 13.3. The molecule has 2 aromatic carbocycles. The number of halogens is 1. The lowest BCUT2D eigenvalue weighted by Crippen LogP contribution is -2.52. The Labute approximate surface area is 173 Å². The highest BCUT2D eigenvalue weighted by atomic mass is 32.2. The fourth-order valence-corrected chi connectivity index (χ4v) is 4.91. The van der Waals surface area contributed by atoms with Crippen LogP contribution in [0.25, 0.3) is 0 Å². The lowest BCUT2D eigenvalue weighted by molar-refractivity contribution is -0.130. The summed E-state index contributed by atoms with van der Waals surface area (Å²) in [6.45, 7) is 1.98. The largest absolute Gasteiger partial charge is 0.326 e. The molecular formula is C22H24FN3O2S. The van der Waals surface area contributed by atoms with Crippen LogP contribution in [0.3, 0.4) is 0 Å². The van der Waals surface area contributed by atoms with Crippen LogP contribution in [0.15, 0.2) is 42.5 Å². The van der Waals surface area contributed by atoms with E-state index in [1.807, 2.05) is 31.4 Å². The van der Waals surface area contributed by atoms with E-state index in [2.05, 4.69) is 16.0 Å². The second-order valence-corrected chi connectivity index (χ2v) is 8.70. The number of amides is 2. The molecule has 1 spiro atoms. The number of thioether (sulfide) groups is 1. The van der Waals surface area contributed by atoms with Gasteiger partial charge in [-0.2, -0.15) is 11.8 Å². The molecular weight excluding hydrogens is 389 g/mol. The molecule has 3 N–H and O–H groups in total. The summed E-state index contributed by atoms with van der Waals surface area (Å²) in [5, 5.41) is 9.34. The molecule has 29 heavy (non-hydrogen) atoms. The predicted molar refractivity (Wildman–Crippen MR) is 115 cm³/mol. The quantitative estimate of drug-likeness (QED) is 0.700. The van der Waals surface area contributed by atoms with Crippen molar-refractivity contribution < 1.29 is 14.0 Å². The molecule has 152 valence electrons. The van der Waals surface area contributed by atoms with Crippen LogP contribution in [0.2, 0.25) is 0 Å². The molecule has 2 aromatic rings. The number of anilines is 2. The number of hydrogen-bond donors (Lipinski definition) is 3. The molecule has 0 saturated carbocycles. The third kappa shape index (κ3) is 3.53. The van der Waals surface area contributed by atoms with Crippen molar-refractivity contribution in [1.82, 2.24) is 5.32 Å². The van der Waals surface area contributed by atoms with Crippen molar-refractivity contribution in [2.75, 3.05) is 22.6 Å². The van der Waals surface area contributed by atoms with Crippen molar-refractivity contribution in [2.45, 2.75) is 31.3 Å². The van der Waals surface area contributed by atoms with Crippen LogP contribution in [0.4, 0.5) is 15.8 Å². The number of aryl methyl sites for hydroxylation is 1. The Balaban J connectivity index is 1.70. The smallest absolute Gasteiger partial charge is 0.250 e. The van der Waals surface area contributed by atoms with Crippen molar-refractivity contribution in [3.63, 3.8) is 0 Å². The van der Waals surface area contributed by atoms with Gasteiger partial charge in [0.05, 0.1) is 5.92 Å². The molecule has 2 amide bonds. The van der Waals surface area contributed by atoms with Crippen LogP contribution in [-0.4, -0.2) is 29.9 Å². The molecule has 0 radical (unpaired) electrons. The lowest BCUT2D eigenvalue weighted by Gasteiger charge is -2.29. The topological polar surface area (TPSA) is 70.2 Å². The van der Waals surface area contributed by atoms with Gasteiger partial charge in [-0.05, 0) is 62.1 Å². The Kier molecular flexibility index (Phi) is 5.36. The zero-order valence-electron chi connectivity index (χ0n) is 16.4. The van der Waals surface area contributed by atoms with E-state index in [1.54, 1.807) is 11.8 Å². The Hall–Kier alpha value is -2.38. The van der Waals surface area contributed by atoms with Gasteiger partial charge in [-0.1, -0.05) is 17.7 Å². The first kappa shape index (κ1) is 19.9. The Bertz CT molecular complexity index is 950. The molecule has 2 heterocycles. The van der Waals surface area contributed by atoms with Crippen LogP contribution < -0.4 is 16.0 Å². The van der Waals surface area contributed by atoms with Gasteiger partial charge in [0.1, 0.15) is 11.4 Å². The van der Waals surface area contributed by atoms with Gasteiger partial charge in [0.15, 0.2) is 0 Å². The van der Waals surface area contributed by atoms with Gasteiger partial charge in [-0.3, -0.25) is 14.9 Å². The summed E-state index contributed by atoms with van der Waals surface area (Å²) in [5.41, 5.74) is 2.04. The Morgan fingerprint density at radius 2 is 2.03 bits per heavy atom. The van der Waals surface area contributed by atoms with Gasteiger partial charge in [-0.15, -0.1) is 0 Å². The van der Waals surface area contributed by atoms with Gasteiger partial charge in [0.25, 0.3) is 0 Å². The first-order chi connectivity index (χ1) is 13.9. The van der Waals surface area contributed by atoms with E-state index >= 15 is 0 Å². The van der Waals surface area contributed by atoms with E-state index in [9.17, 15) is 14.0 Å². The zero-order chi connectivity index (χ0) is 20.6. The van der Waals surface area contributed by atoms with E-state index in [-0.39, 0.29) is 23.7 Å². The monoisotopic (exact) mass is 413 g/mol. The van der Waals surface area contributed by atoms with Gasteiger partial charge in [0.2, 0.25) is 11.8 Å². The fourth-order valence-electron chi connectivity index (χ4n) is 4.39. The molecule has 3 atom stereocenters. The van der Waals surface area contributed by atoms with Crippen molar-refractivity contribution in [2.24, 2.45) is 5.92 Å². The van der Waals surface area contributed by atoms with Crippen molar-refractivity contribution in [1.29, 1.82) is 0 Å². The van der Waals surface area contributed by atoms with E-state index in [4.69, 9.17) is 0 Å². The van der Waals surface area contributed by atoms with Gasteiger partial charge in [-0.25, -0.2) is 4.39 Å². The van der Waals surface area contributed by atoms with Gasteiger partial charge in [0, 0.05) is 23.0 Å². The molecule has 0 bridgehead atoms. The Morgan fingerprint density at radius 1 is 1.28 bits per heavy atom. The zero-order valence-corrected chi connectivity index (χ0v) is 17.2. The summed E-state index contributed by atoms with van der Waals surface area (Å²) in [4.78, 5) is 26.5. The van der Waals surface area contributed by atoms with Crippen molar-refractivity contribution >= 4 is 35.0 Å². The maximum Gasteiger partial charge on any atom is 0.250 e. The minimum absolute atomic E-state index is 0.0589. The van der Waals surface area contributed by atoms with Gasteiger partial charge >= 0.3 is 0 Å². The highest BCUT2D eigenvalue weighted by molar-refractivity contribution is 7.98. The second kappa shape index (κ2) is 7.80. The summed E-state index contributed by atoms with van der Waals surface area (Å²) in [6, 6.07) is 11.6. The predicted octanol–water partition coefficient (Wildman–Crippen LogP) is 3.65. The molecule has 3 unspecified atom stereocenters. The molecule has 2 aliphatic heterocycles. The van der Waals surface area contributed by atoms with E-state index < -0.39 is 11.5 Å². The van der Waals surface area contributed by atoms with Crippen molar-refractivity contribution in [3.8, 4) is 0 Å². The normalized spacial score (nSPS) is 25.1. The Morgan fingerprint density at radius 3 is 2.76 bits per heavy atom. The average Bonchev–Trinajstić information content (AvgIpc) is 3.22. The summed E-state index contributed by atoms with van der Waals surface area (Å²) < 4.78 is 13.2. The van der Waals surface area contributed by atoms with Crippen LogP contribution in [0.5, 0.6) is 0 Å². The van der Waals surface area contributed by atoms with E-state index in [1.165, 1.54) is 24.3 Å². The third-order valence-corrected chi connectivity index (χ3v) is 6.42. The first-order valence-electron chi connectivity index (χ1n) is 9.69. The number of carbonyl (C=O) groups is 2. The minimum atomic E-state index is -1.09. The number of rotatable bonds is 5. The molecule has 0 aromatic heterocycles. The SMILES string of the molecule is CSCCC1CC(C(=O)Nc2ccc(F)cc2)C2(N1)C(=O)Nc1ccc(C)cc12. The summed E-state index contributed by atoms with van der Waals surface area (Å²) >= 11 is 1.75. The number of fused-ring (bicyclic) bond motifs is 2. The second-order valence-electron chi connectivity index (χ2n) is 7.72. The highest BCUT2D eigenvalue weighted by Gasteiger charge is 2.59. The average molecular weight is 414 g/mol. The van der Waals surface area contributed by atoms with E-state index in [0.717, 1.165) is 29.0 Å². The highest BCUT2D eigenvalue weighted by Crippen LogP contribution is 2.48. The molecule has 1 fully saturated rings. The molecule has 1 saturated heterocycles. The van der Waals surface area contributed by atoms with Gasteiger partial charge < -0.3 is 10.6 Å². The molecule has 0 aliphatic carbocycles. The number of carbonyl (C=O) groups excluding carboxylic acids is 2.